The largest absolute Gasteiger partial charge is 0.340 e. The Morgan fingerprint density at radius 2 is 1.67 bits per heavy atom. The molecular weight excluding hydrogens is 188 g/mol. The molecule has 1 fully saturated rings. The van der Waals surface area contributed by atoms with Gasteiger partial charge in [-0.15, -0.1) is 0 Å². The predicted octanol–water partition coefficient (Wildman–Crippen LogP) is 3.42. The summed E-state index contributed by atoms with van der Waals surface area (Å²) < 4.78 is 12.0. The van der Waals surface area contributed by atoms with Crippen LogP contribution in [0.25, 0.3) is 0 Å². The van der Waals surface area contributed by atoms with Crippen LogP contribution < -0.4 is 0 Å². The fourth-order valence-corrected chi connectivity index (χ4v) is 2.07. The molecule has 0 unspecified atom stereocenters. The van der Waals surface area contributed by atoms with Crippen LogP contribution in [0.3, 0.4) is 0 Å². The standard InChI is InChI=1S/C13H22O2/c1-12(2)13(3,4)15-11(14-12)10-8-6-5-7-9-10/h8,11H,5-7,9H2,1-4H3. The van der Waals surface area contributed by atoms with Crippen LogP contribution in [0.4, 0.5) is 0 Å². The molecule has 0 atom stereocenters. The van der Waals surface area contributed by atoms with Gasteiger partial charge in [0, 0.05) is 0 Å². The van der Waals surface area contributed by atoms with Gasteiger partial charge in [0.2, 0.25) is 0 Å². The molecule has 2 heteroatoms. The summed E-state index contributed by atoms with van der Waals surface area (Å²) in [5, 5.41) is 0. The van der Waals surface area contributed by atoms with E-state index in [1.165, 1.54) is 24.8 Å². The third-order valence-electron chi connectivity index (χ3n) is 3.88. The van der Waals surface area contributed by atoms with Crippen molar-refractivity contribution in [2.75, 3.05) is 0 Å². The van der Waals surface area contributed by atoms with E-state index in [1.807, 2.05) is 0 Å². The molecule has 2 rings (SSSR count). The van der Waals surface area contributed by atoms with Crippen LogP contribution in [0.15, 0.2) is 11.6 Å². The third kappa shape index (κ3) is 1.98. The number of allylic oxidation sites excluding steroid dienone is 1. The second kappa shape index (κ2) is 3.60. The summed E-state index contributed by atoms with van der Waals surface area (Å²) >= 11 is 0. The lowest BCUT2D eigenvalue weighted by Gasteiger charge is -2.30. The molecule has 1 saturated heterocycles. The van der Waals surface area contributed by atoms with E-state index < -0.39 is 0 Å². The molecule has 0 aromatic rings. The van der Waals surface area contributed by atoms with Crippen LogP contribution >= 0.6 is 0 Å². The Morgan fingerprint density at radius 3 is 2.13 bits per heavy atom. The summed E-state index contributed by atoms with van der Waals surface area (Å²) in [7, 11) is 0. The smallest absolute Gasteiger partial charge is 0.181 e. The maximum Gasteiger partial charge on any atom is 0.181 e. The second-order valence-electron chi connectivity index (χ2n) is 5.61. The van der Waals surface area contributed by atoms with E-state index in [0.29, 0.717) is 0 Å². The molecular formula is C13H22O2. The minimum Gasteiger partial charge on any atom is -0.340 e. The molecule has 2 nitrogen and oxygen atoms in total. The first-order chi connectivity index (χ1) is 6.92. The molecule has 1 aliphatic heterocycles. The van der Waals surface area contributed by atoms with Crippen molar-refractivity contribution in [1.82, 2.24) is 0 Å². The van der Waals surface area contributed by atoms with Gasteiger partial charge in [0.1, 0.15) is 0 Å². The Bertz CT molecular complexity index is 260. The number of ether oxygens (including phenoxy) is 2. The van der Waals surface area contributed by atoms with Gasteiger partial charge in [0.15, 0.2) is 6.29 Å². The highest BCUT2D eigenvalue weighted by Gasteiger charge is 2.49. The van der Waals surface area contributed by atoms with Gasteiger partial charge in [-0.1, -0.05) is 6.08 Å². The lowest BCUT2D eigenvalue weighted by Crippen LogP contribution is -2.41. The van der Waals surface area contributed by atoms with E-state index in [1.54, 1.807) is 0 Å². The molecule has 0 amide bonds. The zero-order chi connectivity index (χ0) is 11.1. The minimum atomic E-state index is -0.198. The van der Waals surface area contributed by atoms with Crippen molar-refractivity contribution in [3.8, 4) is 0 Å². The Kier molecular flexibility index (Phi) is 2.68. The normalized spacial score (nSPS) is 30.3. The monoisotopic (exact) mass is 210 g/mol. The van der Waals surface area contributed by atoms with Crippen molar-refractivity contribution < 1.29 is 9.47 Å². The molecule has 0 bridgehead atoms. The summed E-state index contributed by atoms with van der Waals surface area (Å²) in [5.41, 5.74) is 0.950. The van der Waals surface area contributed by atoms with Crippen LogP contribution in [-0.4, -0.2) is 17.5 Å². The molecule has 0 saturated carbocycles. The molecule has 1 aliphatic carbocycles. The van der Waals surface area contributed by atoms with E-state index >= 15 is 0 Å². The third-order valence-corrected chi connectivity index (χ3v) is 3.88. The molecule has 0 aromatic carbocycles. The summed E-state index contributed by atoms with van der Waals surface area (Å²) in [6.07, 6.45) is 7.09. The van der Waals surface area contributed by atoms with Gasteiger partial charge in [0.05, 0.1) is 11.2 Å². The van der Waals surface area contributed by atoms with Crippen molar-refractivity contribution >= 4 is 0 Å². The van der Waals surface area contributed by atoms with Crippen LogP contribution in [-0.2, 0) is 9.47 Å². The Morgan fingerprint density at radius 1 is 1.07 bits per heavy atom. The first-order valence-electron chi connectivity index (χ1n) is 5.97. The van der Waals surface area contributed by atoms with E-state index in [-0.39, 0.29) is 17.5 Å². The van der Waals surface area contributed by atoms with E-state index in [9.17, 15) is 0 Å². The average molecular weight is 210 g/mol. The molecule has 0 radical (unpaired) electrons. The van der Waals surface area contributed by atoms with Crippen molar-refractivity contribution in [2.45, 2.75) is 70.9 Å². The molecule has 15 heavy (non-hydrogen) atoms. The lowest BCUT2D eigenvalue weighted by atomic mass is 9.90. The molecule has 0 spiro atoms. The van der Waals surface area contributed by atoms with Gasteiger partial charge >= 0.3 is 0 Å². The Hall–Kier alpha value is -0.340. The van der Waals surface area contributed by atoms with Gasteiger partial charge in [0.25, 0.3) is 0 Å². The van der Waals surface area contributed by atoms with E-state index in [4.69, 9.17) is 9.47 Å². The Labute approximate surface area is 92.6 Å². The predicted molar refractivity (Wildman–Crippen MR) is 60.7 cm³/mol. The maximum atomic E-state index is 6.01. The molecule has 0 N–H and O–H groups in total. The van der Waals surface area contributed by atoms with Gasteiger partial charge < -0.3 is 9.47 Å². The molecule has 2 aliphatic rings. The van der Waals surface area contributed by atoms with Crippen molar-refractivity contribution in [3.63, 3.8) is 0 Å². The summed E-state index contributed by atoms with van der Waals surface area (Å²) in [4.78, 5) is 0. The number of rotatable bonds is 1. The molecule has 86 valence electrons. The lowest BCUT2D eigenvalue weighted by molar-refractivity contribution is -0.0616. The van der Waals surface area contributed by atoms with Crippen molar-refractivity contribution in [2.24, 2.45) is 0 Å². The van der Waals surface area contributed by atoms with E-state index in [2.05, 4.69) is 33.8 Å². The first kappa shape index (κ1) is 11.2. The second-order valence-corrected chi connectivity index (χ2v) is 5.61. The topological polar surface area (TPSA) is 18.5 Å². The van der Waals surface area contributed by atoms with Crippen molar-refractivity contribution in [1.29, 1.82) is 0 Å². The van der Waals surface area contributed by atoms with Crippen LogP contribution in [0, 0.1) is 0 Å². The van der Waals surface area contributed by atoms with Gasteiger partial charge in [-0.2, -0.15) is 0 Å². The number of hydrogen-bond acceptors (Lipinski definition) is 2. The average Bonchev–Trinajstić information content (AvgIpc) is 2.38. The highest BCUT2D eigenvalue weighted by atomic mass is 16.7. The summed E-state index contributed by atoms with van der Waals surface area (Å²) in [6, 6.07) is 0. The van der Waals surface area contributed by atoms with Crippen LogP contribution in [0.5, 0.6) is 0 Å². The molecule has 0 aromatic heterocycles. The minimum absolute atomic E-state index is 0.102. The van der Waals surface area contributed by atoms with Crippen molar-refractivity contribution in [3.05, 3.63) is 11.6 Å². The fourth-order valence-electron chi connectivity index (χ4n) is 2.07. The van der Waals surface area contributed by atoms with Gasteiger partial charge in [-0.05, 0) is 59.0 Å². The SMILES string of the molecule is CC1(C)OC(C2=CCCCC2)OC1(C)C. The quantitative estimate of drug-likeness (QED) is 0.617. The zero-order valence-corrected chi connectivity index (χ0v) is 10.3. The summed E-state index contributed by atoms with van der Waals surface area (Å²) in [5.74, 6) is 0. The highest BCUT2D eigenvalue weighted by Crippen LogP contribution is 2.41. The van der Waals surface area contributed by atoms with Gasteiger partial charge in [-0.3, -0.25) is 0 Å². The van der Waals surface area contributed by atoms with E-state index in [0.717, 1.165) is 6.42 Å². The maximum absolute atomic E-state index is 6.01. The number of hydrogen-bond donors (Lipinski definition) is 0. The highest BCUT2D eigenvalue weighted by molar-refractivity contribution is 5.12. The first-order valence-corrected chi connectivity index (χ1v) is 5.97. The van der Waals surface area contributed by atoms with Gasteiger partial charge in [-0.25, -0.2) is 0 Å². The molecule has 1 heterocycles. The Balaban J connectivity index is 2.12. The summed E-state index contributed by atoms with van der Waals surface area (Å²) in [6.45, 7) is 8.43. The zero-order valence-electron chi connectivity index (χ0n) is 10.3. The fraction of sp³-hybridized carbons (Fsp3) is 0.846. The van der Waals surface area contributed by atoms with Crippen LogP contribution in [0.1, 0.15) is 53.4 Å². The van der Waals surface area contributed by atoms with Crippen LogP contribution in [0.2, 0.25) is 0 Å².